The van der Waals surface area contributed by atoms with E-state index in [2.05, 4.69) is 40.7 Å². The number of carbonyl (C=O) groups is 1. The van der Waals surface area contributed by atoms with Crippen molar-refractivity contribution in [2.45, 2.75) is 310 Å². The highest BCUT2D eigenvalue weighted by molar-refractivity contribution is 5.79. The molecule has 5 aliphatic carbocycles. The van der Waals surface area contributed by atoms with Crippen LogP contribution in [0.4, 0.5) is 0 Å². The molecule has 0 aromatic carbocycles. The van der Waals surface area contributed by atoms with Crippen LogP contribution < -0.4 is 0 Å². The van der Waals surface area contributed by atoms with Crippen LogP contribution in [0.2, 0.25) is 0 Å². The molecule has 0 amide bonds. The van der Waals surface area contributed by atoms with Crippen molar-refractivity contribution in [3.8, 4) is 0 Å². The number of rotatable bonds is 15. The first-order valence-electron chi connectivity index (χ1n) is 34.1. The molecule has 0 spiro atoms. The number of esters is 1. The van der Waals surface area contributed by atoms with Gasteiger partial charge < -0.3 is 149 Å². The van der Waals surface area contributed by atoms with Crippen LogP contribution in [-0.2, 0) is 61.6 Å². The average molecular weight is 1380 g/mol. The number of allylic oxidation sites excluding steroid dienone is 2. The Kier molecular flexibility index (Phi) is 21.9. The fourth-order valence-electron chi connectivity index (χ4n) is 19.1. The number of aliphatic hydroxyl groups excluding tert-OH is 18. The second kappa shape index (κ2) is 27.9. The molecule has 0 aromatic rings. The Balaban J connectivity index is 0.788. The van der Waals surface area contributed by atoms with Crippen LogP contribution in [0.5, 0.6) is 0 Å². The molecular formula is C65H106O31. The van der Waals surface area contributed by atoms with Gasteiger partial charge in [0.15, 0.2) is 31.5 Å². The molecule has 552 valence electrons. The number of carbonyl (C=O) groups excluding carboxylic acids is 1. The third-order valence-corrected chi connectivity index (χ3v) is 25.1. The quantitative estimate of drug-likeness (QED) is 0.0416. The lowest BCUT2D eigenvalue weighted by Gasteiger charge is -2.71. The summed E-state index contributed by atoms with van der Waals surface area (Å²) in [6.07, 6.45) is -42.7. The molecular weight excluding hydrogens is 1280 g/mol. The van der Waals surface area contributed by atoms with Crippen molar-refractivity contribution in [3.05, 3.63) is 11.6 Å². The number of fused-ring (bicyclic) bond motifs is 7. The third-order valence-electron chi connectivity index (χ3n) is 25.1. The Morgan fingerprint density at radius 3 is 1.62 bits per heavy atom. The van der Waals surface area contributed by atoms with Gasteiger partial charge in [0, 0.05) is 0 Å². The van der Waals surface area contributed by atoms with Crippen LogP contribution in [0, 0.1) is 50.2 Å². The lowest BCUT2D eigenvalue weighted by molar-refractivity contribution is -0.384. The zero-order valence-electron chi connectivity index (χ0n) is 55.8. The van der Waals surface area contributed by atoms with Crippen molar-refractivity contribution in [2.24, 2.45) is 50.2 Å². The van der Waals surface area contributed by atoms with Crippen LogP contribution in [0.25, 0.3) is 0 Å². The second-order valence-electron chi connectivity index (χ2n) is 31.6. The molecule has 18 N–H and O–H groups in total. The van der Waals surface area contributed by atoms with Gasteiger partial charge >= 0.3 is 5.97 Å². The summed E-state index contributed by atoms with van der Waals surface area (Å²) < 4.78 is 71.7. The van der Waals surface area contributed by atoms with E-state index in [-0.39, 0.29) is 29.6 Å². The SMILES string of the molecule is C[C@@H]1O[C@@H](O[C@H]2[C@H](O[C@H]3[C@@H](O)C[C@]4(C)[C@H]5CC=C6[C@@H]7CC(C)(C)CC[C@]7(C(=O)O[C@@H]7O[C@H](CO[C@@H]8O[C@H](CO)[C@@H](O[C@@H]9O[C@@H](C)[C@H](O)[C@@H](O)[C@H]9O)[C@H](O)[C@H]8O)[C@@H](O)[C@H](O)[C@H]7O)CC[C@@]6(C)[C@]5(C)CC[C@H]4C3(C)C)OC[C@H](O[C@@H]3O[C@H](CO)[C@@H](O)[C@H](O)[C@H]3O)[C@@H]2O)[C@H](O)[C@H](O)[C@H]1O. The summed E-state index contributed by atoms with van der Waals surface area (Å²) in [7, 11) is 0. The molecule has 38 atom stereocenters. The Hall–Kier alpha value is -1.95. The molecule has 10 fully saturated rings. The average Bonchev–Trinajstić information content (AvgIpc) is 0.674. The Labute approximate surface area is 556 Å². The first-order chi connectivity index (χ1) is 44.9. The van der Waals surface area contributed by atoms with Crippen LogP contribution >= 0.6 is 0 Å². The van der Waals surface area contributed by atoms with Crippen LogP contribution in [0.3, 0.4) is 0 Å². The van der Waals surface area contributed by atoms with Crippen molar-refractivity contribution in [3.63, 3.8) is 0 Å². The number of ether oxygens (including phenoxy) is 12. The third kappa shape index (κ3) is 12.8. The van der Waals surface area contributed by atoms with Gasteiger partial charge in [-0.05, 0) is 116 Å². The summed E-state index contributed by atoms with van der Waals surface area (Å²) >= 11 is 0. The normalized spacial score (nSPS) is 54.9. The highest BCUT2D eigenvalue weighted by Crippen LogP contribution is 2.76. The largest absolute Gasteiger partial charge is 0.432 e. The van der Waals surface area contributed by atoms with E-state index in [4.69, 9.17) is 56.8 Å². The zero-order chi connectivity index (χ0) is 70.2. The van der Waals surface area contributed by atoms with E-state index >= 15 is 4.79 Å². The van der Waals surface area contributed by atoms with Gasteiger partial charge in [0.1, 0.15) is 128 Å². The molecule has 11 aliphatic rings. The van der Waals surface area contributed by atoms with Gasteiger partial charge in [-0.3, -0.25) is 4.79 Å². The lowest BCUT2D eigenvalue weighted by Crippen LogP contribution is -2.68. The van der Waals surface area contributed by atoms with Gasteiger partial charge in [0.2, 0.25) is 6.29 Å². The summed E-state index contributed by atoms with van der Waals surface area (Å²) in [5, 5.41) is 197. The van der Waals surface area contributed by atoms with Crippen LogP contribution in [-0.4, -0.2) is 315 Å². The van der Waals surface area contributed by atoms with Gasteiger partial charge in [-0.1, -0.05) is 60.1 Å². The van der Waals surface area contributed by atoms with Gasteiger partial charge in [-0.15, -0.1) is 0 Å². The van der Waals surface area contributed by atoms with Crippen molar-refractivity contribution in [2.75, 3.05) is 26.4 Å². The first kappa shape index (κ1) is 75.2. The molecule has 6 aliphatic heterocycles. The standard InChI is InChI=1S/C65H106O31/c1-24-35(69)40(74)45(79)54(87-24)93-50-30(21-67)90-53(49(83)44(50)78)85-22-31-38(72)43(77)48(82)57(91-31)96-59(84)65-16-14-60(3,4)18-27(65)26-10-11-34-62(7)19-28(68)52(61(5,6)33(62)12-13-64(34,9)63(26,8)15-17-65)95-58-51(94-55-46(80)41(75)36(70)25(2)88-55)39(73)32(23-86-58)92-56-47(81)42(76)37(71)29(20-66)89-56/h10,24-25,27-58,66-83H,11-23H2,1-9H3/t24-,25-,27-,28-,29+,30+,31+,32-,33-,34+,35-,36-,37+,38+,39-,40+,41+,42-,43-,44+,45+,46+,47+,48+,49+,50+,51+,52-,53+,54-,55-,56-,57-,58-,62-,63+,64+,65-/m0/s1. The number of aliphatic hydroxyl groups is 18. The Morgan fingerprint density at radius 1 is 0.500 bits per heavy atom. The topological polar surface area (TPSA) is 492 Å². The van der Waals surface area contributed by atoms with Crippen molar-refractivity contribution < 1.29 is 154 Å². The van der Waals surface area contributed by atoms with Gasteiger partial charge in [0.05, 0.1) is 56.3 Å². The molecule has 11 rings (SSSR count). The van der Waals surface area contributed by atoms with E-state index in [9.17, 15) is 91.9 Å². The summed E-state index contributed by atoms with van der Waals surface area (Å²) in [6, 6.07) is 0. The summed E-state index contributed by atoms with van der Waals surface area (Å²) in [5.74, 6) is -1.14. The highest BCUT2D eigenvalue weighted by Gasteiger charge is 2.71. The monoisotopic (exact) mass is 1380 g/mol. The van der Waals surface area contributed by atoms with E-state index in [0.717, 1.165) is 12.0 Å². The minimum atomic E-state index is -1.93. The van der Waals surface area contributed by atoms with Crippen molar-refractivity contribution in [1.29, 1.82) is 0 Å². The molecule has 6 saturated heterocycles. The smallest absolute Gasteiger partial charge is 0.315 e. The van der Waals surface area contributed by atoms with Crippen molar-refractivity contribution in [1.82, 2.24) is 0 Å². The van der Waals surface area contributed by atoms with E-state index < -0.39 is 250 Å². The molecule has 4 saturated carbocycles. The van der Waals surface area contributed by atoms with E-state index in [1.54, 1.807) is 0 Å². The fourth-order valence-corrected chi connectivity index (χ4v) is 19.1. The van der Waals surface area contributed by atoms with Crippen molar-refractivity contribution >= 4 is 5.97 Å². The maximum atomic E-state index is 15.3. The van der Waals surface area contributed by atoms with Gasteiger partial charge in [0.25, 0.3) is 0 Å². The maximum Gasteiger partial charge on any atom is 0.315 e. The van der Waals surface area contributed by atoms with Gasteiger partial charge in [-0.25, -0.2) is 0 Å². The molecule has 0 unspecified atom stereocenters. The summed E-state index contributed by atoms with van der Waals surface area (Å²) in [5.41, 5.74) is -2.50. The summed E-state index contributed by atoms with van der Waals surface area (Å²) in [6.45, 7) is 15.3. The fraction of sp³-hybridized carbons (Fsp3) is 0.954. The van der Waals surface area contributed by atoms with E-state index in [1.165, 1.54) is 13.8 Å². The first-order valence-corrected chi connectivity index (χ1v) is 34.1. The van der Waals surface area contributed by atoms with E-state index in [1.807, 2.05) is 13.8 Å². The summed E-state index contributed by atoms with van der Waals surface area (Å²) in [4.78, 5) is 15.3. The Morgan fingerprint density at radius 2 is 1.02 bits per heavy atom. The molecule has 6 heterocycles. The minimum Gasteiger partial charge on any atom is -0.432 e. The zero-order valence-corrected chi connectivity index (χ0v) is 55.8. The second-order valence-corrected chi connectivity index (χ2v) is 31.6. The molecule has 0 radical (unpaired) electrons. The molecule has 31 nitrogen and oxygen atoms in total. The molecule has 0 bridgehead atoms. The molecule has 31 heteroatoms. The number of hydrogen-bond acceptors (Lipinski definition) is 31. The minimum absolute atomic E-state index is 0.0215. The predicted octanol–water partition coefficient (Wildman–Crippen LogP) is -4.72. The molecule has 96 heavy (non-hydrogen) atoms. The predicted molar refractivity (Wildman–Crippen MR) is 321 cm³/mol. The maximum absolute atomic E-state index is 15.3. The number of hydrogen-bond donors (Lipinski definition) is 18. The highest BCUT2D eigenvalue weighted by atomic mass is 16.8. The van der Waals surface area contributed by atoms with Crippen LogP contribution in [0.1, 0.15) is 120 Å². The van der Waals surface area contributed by atoms with E-state index in [0.29, 0.717) is 44.9 Å². The van der Waals surface area contributed by atoms with Gasteiger partial charge in [-0.2, -0.15) is 0 Å². The van der Waals surface area contributed by atoms with Crippen LogP contribution in [0.15, 0.2) is 11.6 Å². The lowest BCUT2D eigenvalue weighted by atomic mass is 9.33. The Bertz CT molecular complexity index is 2710. The molecule has 0 aromatic heterocycles.